The molecule has 2 nitrogen and oxygen atoms in total. The van der Waals surface area contributed by atoms with E-state index in [1.54, 1.807) is 13.0 Å². The van der Waals surface area contributed by atoms with E-state index < -0.39 is 6.67 Å². The van der Waals surface area contributed by atoms with Crippen molar-refractivity contribution >= 4 is 12.4 Å². The Balaban J connectivity index is 0.00000162. The first-order valence-electron chi connectivity index (χ1n) is 5.99. The molecule has 1 N–H and O–H groups in total. The first-order chi connectivity index (χ1) is 8.24. The van der Waals surface area contributed by atoms with Gasteiger partial charge in [0.1, 0.15) is 12.5 Å². The van der Waals surface area contributed by atoms with Gasteiger partial charge in [0.05, 0.1) is 6.04 Å². The molecule has 1 saturated heterocycles. The summed E-state index contributed by atoms with van der Waals surface area (Å²) in [7, 11) is 0. The van der Waals surface area contributed by atoms with E-state index in [0.717, 1.165) is 31.7 Å². The highest BCUT2D eigenvalue weighted by molar-refractivity contribution is 5.85. The molecular formula is C13H19ClF2N2. The third-order valence-corrected chi connectivity index (χ3v) is 3.41. The standard InChI is InChI=1S/C13H18F2N2.ClH/c1-10-11(3-2-4-12(10)15)13(9-14)17-7-5-16-6-8-17;/h2-4,13,16H,5-9H2,1H3;1H/t13-;/m1./s1. The van der Waals surface area contributed by atoms with Crippen LogP contribution >= 0.6 is 12.4 Å². The van der Waals surface area contributed by atoms with Crippen LogP contribution in [-0.2, 0) is 0 Å². The van der Waals surface area contributed by atoms with Gasteiger partial charge in [-0.3, -0.25) is 4.90 Å². The number of alkyl halides is 1. The molecule has 102 valence electrons. The number of piperazine rings is 1. The number of hydrogen-bond acceptors (Lipinski definition) is 2. The zero-order valence-corrected chi connectivity index (χ0v) is 11.3. The molecule has 18 heavy (non-hydrogen) atoms. The second-order valence-electron chi connectivity index (χ2n) is 4.41. The van der Waals surface area contributed by atoms with Gasteiger partial charge < -0.3 is 5.32 Å². The normalized spacial score (nSPS) is 18.2. The van der Waals surface area contributed by atoms with Crippen LogP contribution in [-0.4, -0.2) is 37.8 Å². The quantitative estimate of drug-likeness (QED) is 0.912. The lowest BCUT2D eigenvalue weighted by molar-refractivity contribution is 0.147. The summed E-state index contributed by atoms with van der Waals surface area (Å²) in [6, 6.07) is 4.59. The number of nitrogens with zero attached hydrogens (tertiary/aromatic N) is 1. The lowest BCUT2D eigenvalue weighted by Gasteiger charge is -2.34. The van der Waals surface area contributed by atoms with E-state index in [9.17, 15) is 8.78 Å². The van der Waals surface area contributed by atoms with Crippen molar-refractivity contribution in [1.82, 2.24) is 10.2 Å². The van der Waals surface area contributed by atoms with Gasteiger partial charge in [0.25, 0.3) is 0 Å². The summed E-state index contributed by atoms with van der Waals surface area (Å²) in [6.07, 6.45) is 0. The fourth-order valence-corrected chi connectivity index (χ4v) is 2.36. The maximum Gasteiger partial charge on any atom is 0.126 e. The van der Waals surface area contributed by atoms with Gasteiger partial charge in [0, 0.05) is 26.2 Å². The van der Waals surface area contributed by atoms with E-state index in [1.807, 2.05) is 6.07 Å². The summed E-state index contributed by atoms with van der Waals surface area (Å²) in [5, 5.41) is 3.23. The Morgan fingerprint density at radius 3 is 2.61 bits per heavy atom. The molecule has 2 rings (SSSR count). The Morgan fingerprint density at radius 2 is 2.00 bits per heavy atom. The molecular weight excluding hydrogens is 258 g/mol. The molecule has 0 aromatic heterocycles. The molecule has 0 spiro atoms. The number of halogens is 3. The Morgan fingerprint density at radius 1 is 1.33 bits per heavy atom. The molecule has 5 heteroatoms. The maximum absolute atomic E-state index is 13.5. The van der Waals surface area contributed by atoms with E-state index in [4.69, 9.17) is 0 Å². The van der Waals surface area contributed by atoms with Crippen LogP contribution in [0.1, 0.15) is 17.2 Å². The second kappa shape index (κ2) is 7.02. The van der Waals surface area contributed by atoms with Gasteiger partial charge in [-0.15, -0.1) is 12.4 Å². The van der Waals surface area contributed by atoms with Crippen LogP contribution in [0.25, 0.3) is 0 Å². The zero-order valence-electron chi connectivity index (χ0n) is 10.5. The number of rotatable bonds is 3. The summed E-state index contributed by atoms with van der Waals surface area (Å²) >= 11 is 0. The molecule has 0 unspecified atom stereocenters. The fourth-order valence-electron chi connectivity index (χ4n) is 2.36. The van der Waals surface area contributed by atoms with Crippen molar-refractivity contribution in [2.45, 2.75) is 13.0 Å². The molecule has 0 aliphatic carbocycles. The van der Waals surface area contributed by atoms with E-state index >= 15 is 0 Å². The molecule has 1 aliphatic rings. The number of nitrogens with one attached hydrogen (secondary N) is 1. The highest BCUT2D eigenvalue weighted by Crippen LogP contribution is 2.26. The van der Waals surface area contributed by atoms with Crippen molar-refractivity contribution in [2.75, 3.05) is 32.9 Å². The Hall–Kier alpha value is -0.710. The Kier molecular flexibility index (Phi) is 5.99. The molecule has 1 aromatic carbocycles. The van der Waals surface area contributed by atoms with E-state index in [1.165, 1.54) is 6.07 Å². The van der Waals surface area contributed by atoms with Gasteiger partial charge in [0.2, 0.25) is 0 Å². The predicted molar refractivity (Wildman–Crippen MR) is 71.5 cm³/mol. The van der Waals surface area contributed by atoms with Crippen molar-refractivity contribution in [3.8, 4) is 0 Å². The highest BCUT2D eigenvalue weighted by Gasteiger charge is 2.24. The van der Waals surface area contributed by atoms with E-state index in [2.05, 4.69) is 10.2 Å². The van der Waals surface area contributed by atoms with E-state index in [0.29, 0.717) is 5.56 Å². The number of hydrogen-bond donors (Lipinski definition) is 1. The zero-order chi connectivity index (χ0) is 12.3. The molecule has 1 fully saturated rings. The van der Waals surface area contributed by atoms with Crippen LogP contribution in [0, 0.1) is 12.7 Å². The van der Waals surface area contributed by atoms with Crippen LogP contribution in [0.3, 0.4) is 0 Å². The third kappa shape index (κ3) is 3.19. The van der Waals surface area contributed by atoms with Gasteiger partial charge in [-0.05, 0) is 24.1 Å². The van der Waals surface area contributed by atoms with Crippen molar-refractivity contribution in [3.05, 3.63) is 35.1 Å². The minimum absolute atomic E-state index is 0. The van der Waals surface area contributed by atoms with Crippen LogP contribution in [0.15, 0.2) is 18.2 Å². The molecule has 1 aromatic rings. The molecule has 0 radical (unpaired) electrons. The summed E-state index contributed by atoms with van der Waals surface area (Å²) < 4.78 is 26.7. The lowest BCUT2D eigenvalue weighted by Crippen LogP contribution is -2.45. The molecule has 0 amide bonds. The summed E-state index contributed by atoms with van der Waals surface area (Å²) in [4.78, 5) is 2.08. The van der Waals surface area contributed by atoms with Gasteiger partial charge >= 0.3 is 0 Å². The van der Waals surface area contributed by atoms with Gasteiger partial charge in [0.15, 0.2) is 0 Å². The second-order valence-corrected chi connectivity index (χ2v) is 4.41. The fraction of sp³-hybridized carbons (Fsp3) is 0.538. The van der Waals surface area contributed by atoms with Crippen LogP contribution in [0.2, 0.25) is 0 Å². The van der Waals surface area contributed by atoms with Gasteiger partial charge in [-0.1, -0.05) is 12.1 Å². The summed E-state index contributed by atoms with van der Waals surface area (Å²) in [6.45, 7) is 4.60. The first-order valence-corrected chi connectivity index (χ1v) is 5.99. The van der Waals surface area contributed by atoms with Crippen LogP contribution in [0.5, 0.6) is 0 Å². The molecule has 0 saturated carbocycles. The summed E-state index contributed by atoms with van der Waals surface area (Å²) in [5.74, 6) is -0.254. The largest absolute Gasteiger partial charge is 0.314 e. The van der Waals surface area contributed by atoms with Crippen molar-refractivity contribution in [2.24, 2.45) is 0 Å². The molecule has 1 aliphatic heterocycles. The smallest absolute Gasteiger partial charge is 0.126 e. The highest BCUT2D eigenvalue weighted by atomic mass is 35.5. The van der Waals surface area contributed by atoms with E-state index in [-0.39, 0.29) is 24.3 Å². The molecule has 1 heterocycles. The van der Waals surface area contributed by atoms with Crippen LogP contribution < -0.4 is 5.32 Å². The lowest BCUT2D eigenvalue weighted by atomic mass is 10.00. The predicted octanol–water partition coefficient (Wildman–Crippen LogP) is 2.47. The Bertz CT molecular complexity index is 381. The maximum atomic E-state index is 13.5. The van der Waals surface area contributed by atoms with Gasteiger partial charge in [-0.2, -0.15) is 0 Å². The molecule has 0 bridgehead atoms. The van der Waals surface area contributed by atoms with Gasteiger partial charge in [-0.25, -0.2) is 8.78 Å². The number of benzene rings is 1. The average Bonchev–Trinajstić information content (AvgIpc) is 2.37. The third-order valence-electron chi connectivity index (χ3n) is 3.41. The monoisotopic (exact) mass is 276 g/mol. The van der Waals surface area contributed by atoms with Crippen molar-refractivity contribution in [1.29, 1.82) is 0 Å². The molecule has 1 atom stereocenters. The minimum atomic E-state index is -0.468. The minimum Gasteiger partial charge on any atom is -0.314 e. The first kappa shape index (κ1) is 15.3. The van der Waals surface area contributed by atoms with Crippen molar-refractivity contribution < 1.29 is 8.78 Å². The van der Waals surface area contributed by atoms with Crippen LogP contribution in [0.4, 0.5) is 8.78 Å². The topological polar surface area (TPSA) is 15.3 Å². The average molecular weight is 277 g/mol. The SMILES string of the molecule is Cc1c(F)cccc1[C@@H](CF)N1CCNCC1.Cl. The van der Waals surface area contributed by atoms with Crippen molar-refractivity contribution in [3.63, 3.8) is 0 Å². The summed E-state index contributed by atoms with van der Waals surface area (Å²) in [5.41, 5.74) is 1.34. The Labute approximate surface area is 113 Å².